The van der Waals surface area contributed by atoms with E-state index >= 15 is 0 Å². The van der Waals surface area contributed by atoms with Crippen molar-refractivity contribution in [1.29, 1.82) is 0 Å². The number of alkyl halides is 1. The van der Waals surface area contributed by atoms with Crippen molar-refractivity contribution in [2.75, 3.05) is 30.4 Å². The molecule has 16 heavy (non-hydrogen) atoms. The molecular weight excluding hydrogens is 270 g/mol. The molecular formula is C11H18BrN3O. The van der Waals surface area contributed by atoms with Gasteiger partial charge in [0.2, 0.25) is 5.88 Å². The van der Waals surface area contributed by atoms with Crippen molar-refractivity contribution in [1.82, 2.24) is 9.97 Å². The van der Waals surface area contributed by atoms with E-state index in [2.05, 4.69) is 37.7 Å². The minimum atomic E-state index is 0.612. The molecule has 0 N–H and O–H groups in total. The zero-order valence-corrected chi connectivity index (χ0v) is 11.4. The summed E-state index contributed by atoms with van der Waals surface area (Å²) in [6.07, 6.45) is 3.89. The maximum Gasteiger partial charge on any atom is 0.218 e. The number of aromatic nitrogens is 2. The van der Waals surface area contributed by atoms with Gasteiger partial charge in [0.25, 0.3) is 0 Å². The minimum Gasteiger partial charge on any atom is -0.481 e. The Morgan fingerprint density at radius 1 is 1.38 bits per heavy atom. The van der Waals surface area contributed by atoms with Gasteiger partial charge >= 0.3 is 0 Å². The first-order valence-corrected chi connectivity index (χ1v) is 6.61. The van der Waals surface area contributed by atoms with Gasteiger partial charge in [-0.05, 0) is 6.42 Å². The molecule has 0 aromatic carbocycles. The molecule has 4 nitrogen and oxygen atoms in total. The lowest BCUT2D eigenvalue weighted by Gasteiger charge is -2.22. The van der Waals surface area contributed by atoms with Crippen LogP contribution in [0.15, 0.2) is 12.4 Å². The average molecular weight is 288 g/mol. The third-order valence-electron chi connectivity index (χ3n) is 2.30. The number of methoxy groups -OCH3 is 1. The molecule has 0 amide bonds. The van der Waals surface area contributed by atoms with Gasteiger partial charge in [-0.1, -0.05) is 29.3 Å². The summed E-state index contributed by atoms with van der Waals surface area (Å²) in [6.45, 7) is 4.15. The molecule has 1 rings (SSSR count). The highest BCUT2D eigenvalue weighted by Gasteiger charge is 2.07. The van der Waals surface area contributed by atoms with Crippen LogP contribution in [0.3, 0.4) is 0 Å². The fourth-order valence-electron chi connectivity index (χ4n) is 1.41. The monoisotopic (exact) mass is 287 g/mol. The third kappa shape index (κ3) is 3.96. The van der Waals surface area contributed by atoms with Gasteiger partial charge in [0.05, 0.1) is 7.11 Å². The van der Waals surface area contributed by atoms with E-state index < -0.39 is 0 Å². The van der Waals surface area contributed by atoms with Crippen molar-refractivity contribution in [3.05, 3.63) is 12.4 Å². The molecule has 5 heteroatoms. The summed E-state index contributed by atoms with van der Waals surface area (Å²) in [5.41, 5.74) is 0. The molecule has 0 radical (unpaired) electrons. The molecule has 0 bridgehead atoms. The first-order chi connectivity index (χ1) is 7.81. The van der Waals surface area contributed by atoms with Crippen molar-refractivity contribution in [3.8, 4) is 5.88 Å². The van der Waals surface area contributed by atoms with Crippen LogP contribution in [0.1, 0.15) is 19.8 Å². The fourth-order valence-corrected chi connectivity index (χ4v) is 1.83. The summed E-state index contributed by atoms with van der Waals surface area (Å²) in [4.78, 5) is 10.5. The predicted molar refractivity (Wildman–Crippen MR) is 69.5 cm³/mol. The quantitative estimate of drug-likeness (QED) is 0.722. The molecule has 0 atom stereocenters. The van der Waals surface area contributed by atoms with E-state index in [4.69, 9.17) is 4.74 Å². The largest absolute Gasteiger partial charge is 0.481 e. The van der Waals surface area contributed by atoms with Crippen LogP contribution in [-0.4, -0.2) is 35.5 Å². The van der Waals surface area contributed by atoms with Gasteiger partial charge in [0, 0.05) is 24.5 Å². The summed E-state index contributed by atoms with van der Waals surface area (Å²) in [5, 5.41) is 0.934. The van der Waals surface area contributed by atoms with Gasteiger partial charge in [-0.25, -0.2) is 9.97 Å². The Morgan fingerprint density at radius 3 is 2.81 bits per heavy atom. The number of rotatable bonds is 7. The topological polar surface area (TPSA) is 38.2 Å². The Morgan fingerprint density at radius 2 is 2.19 bits per heavy atom. The van der Waals surface area contributed by atoms with Crippen molar-refractivity contribution >= 4 is 21.7 Å². The van der Waals surface area contributed by atoms with Crippen LogP contribution in [0.25, 0.3) is 0 Å². The summed E-state index contributed by atoms with van der Waals surface area (Å²) in [6, 6.07) is 1.87. The first-order valence-electron chi connectivity index (χ1n) is 5.48. The van der Waals surface area contributed by atoms with E-state index in [0.717, 1.165) is 24.2 Å². The highest BCUT2D eigenvalue weighted by atomic mass is 79.9. The summed E-state index contributed by atoms with van der Waals surface area (Å²) >= 11 is 3.46. The van der Waals surface area contributed by atoms with Crippen molar-refractivity contribution in [3.63, 3.8) is 0 Å². The Kier molecular flexibility index (Phi) is 6.15. The van der Waals surface area contributed by atoms with E-state index in [1.807, 2.05) is 6.07 Å². The van der Waals surface area contributed by atoms with E-state index in [9.17, 15) is 0 Å². The molecule has 0 aliphatic heterocycles. The van der Waals surface area contributed by atoms with Crippen LogP contribution >= 0.6 is 15.9 Å². The van der Waals surface area contributed by atoms with Gasteiger partial charge < -0.3 is 9.64 Å². The molecule has 0 saturated carbocycles. The minimum absolute atomic E-state index is 0.612. The normalized spacial score (nSPS) is 10.2. The van der Waals surface area contributed by atoms with Gasteiger partial charge in [0.1, 0.15) is 12.1 Å². The lowest BCUT2D eigenvalue weighted by Crippen LogP contribution is -2.27. The second-order valence-electron chi connectivity index (χ2n) is 3.45. The standard InChI is InChI=1S/C11H18BrN3O/c1-3-4-6-15(7-5-12)10-8-11(16-2)14-9-13-10/h8-9H,3-7H2,1-2H3. The SMILES string of the molecule is CCCCN(CCBr)c1cc(OC)ncn1. The lowest BCUT2D eigenvalue weighted by molar-refractivity contribution is 0.396. The van der Waals surface area contributed by atoms with Crippen LogP contribution in [0, 0.1) is 0 Å². The molecule has 1 heterocycles. The fraction of sp³-hybridized carbons (Fsp3) is 0.636. The summed E-state index contributed by atoms with van der Waals surface area (Å²) in [5.74, 6) is 1.54. The van der Waals surface area contributed by atoms with Gasteiger partial charge in [-0.3, -0.25) is 0 Å². The summed E-state index contributed by atoms with van der Waals surface area (Å²) in [7, 11) is 1.62. The van der Waals surface area contributed by atoms with E-state index in [-0.39, 0.29) is 0 Å². The zero-order valence-electron chi connectivity index (χ0n) is 9.82. The number of ether oxygens (including phenoxy) is 1. The maximum atomic E-state index is 5.10. The molecule has 0 saturated heterocycles. The van der Waals surface area contributed by atoms with Crippen LogP contribution in [0.5, 0.6) is 5.88 Å². The van der Waals surface area contributed by atoms with Gasteiger partial charge in [-0.2, -0.15) is 0 Å². The second-order valence-corrected chi connectivity index (χ2v) is 4.24. The highest BCUT2D eigenvalue weighted by molar-refractivity contribution is 9.09. The van der Waals surface area contributed by atoms with Crippen LogP contribution in [0.2, 0.25) is 0 Å². The molecule has 0 aliphatic carbocycles. The first kappa shape index (κ1) is 13.2. The second kappa shape index (κ2) is 7.44. The van der Waals surface area contributed by atoms with Crippen molar-refractivity contribution in [2.24, 2.45) is 0 Å². The predicted octanol–water partition coefficient (Wildman–Crippen LogP) is 2.49. The number of hydrogen-bond acceptors (Lipinski definition) is 4. The molecule has 0 unspecified atom stereocenters. The van der Waals surface area contributed by atoms with Crippen LogP contribution in [0.4, 0.5) is 5.82 Å². The number of unbranched alkanes of at least 4 members (excludes halogenated alkanes) is 1. The van der Waals surface area contributed by atoms with E-state index in [1.165, 1.54) is 12.8 Å². The summed E-state index contributed by atoms with van der Waals surface area (Å²) < 4.78 is 5.10. The Bertz CT molecular complexity index is 309. The zero-order chi connectivity index (χ0) is 11.8. The van der Waals surface area contributed by atoms with Crippen molar-refractivity contribution in [2.45, 2.75) is 19.8 Å². The highest BCUT2D eigenvalue weighted by Crippen LogP contribution is 2.16. The Balaban J connectivity index is 2.73. The molecule has 0 spiro atoms. The molecule has 0 fully saturated rings. The van der Waals surface area contributed by atoms with Crippen LogP contribution in [-0.2, 0) is 0 Å². The van der Waals surface area contributed by atoms with Gasteiger partial charge in [0.15, 0.2) is 0 Å². The molecule has 0 aliphatic rings. The number of hydrogen-bond donors (Lipinski definition) is 0. The smallest absolute Gasteiger partial charge is 0.218 e. The number of anilines is 1. The molecule has 1 aromatic rings. The van der Waals surface area contributed by atoms with Gasteiger partial charge in [-0.15, -0.1) is 0 Å². The molecule has 1 aromatic heterocycles. The van der Waals surface area contributed by atoms with Crippen LogP contribution < -0.4 is 9.64 Å². The molecule has 90 valence electrons. The van der Waals surface area contributed by atoms with E-state index in [0.29, 0.717) is 5.88 Å². The Hall–Kier alpha value is -0.840. The number of nitrogens with zero attached hydrogens (tertiary/aromatic N) is 3. The lowest BCUT2D eigenvalue weighted by atomic mass is 10.3. The maximum absolute atomic E-state index is 5.10. The van der Waals surface area contributed by atoms with E-state index in [1.54, 1.807) is 13.4 Å². The Labute approximate surface area is 105 Å². The van der Waals surface area contributed by atoms with Crippen molar-refractivity contribution < 1.29 is 4.74 Å². The number of halogens is 1. The third-order valence-corrected chi connectivity index (χ3v) is 2.65. The average Bonchev–Trinajstić information content (AvgIpc) is 2.34.